The second kappa shape index (κ2) is 8.03. The minimum absolute atomic E-state index is 0.150. The maximum atomic E-state index is 12.9. The first kappa shape index (κ1) is 20.5. The van der Waals surface area contributed by atoms with Crippen LogP contribution < -0.4 is 4.74 Å². The van der Waals surface area contributed by atoms with E-state index in [2.05, 4.69) is 0 Å². The third kappa shape index (κ3) is 4.27. The maximum absolute atomic E-state index is 12.9. The Morgan fingerprint density at radius 1 is 1.00 bits per heavy atom. The van der Waals surface area contributed by atoms with E-state index in [9.17, 15) is 13.2 Å². The number of ether oxygens (including phenoxy) is 2. The monoisotopic (exact) mass is 403 g/mol. The summed E-state index contributed by atoms with van der Waals surface area (Å²) in [6, 6.07) is 11.5. The summed E-state index contributed by atoms with van der Waals surface area (Å²) in [4.78, 5) is 12.6. The standard InChI is InChI=1S/C21H25NO5S/c1-14-6-5-7-15(2)20(14)27-21(23)18-8-10-19(11-9-18)28(24,25)22-12-16(3)26-17(4)13-22/h5-11,16-17H,12-13H2,1-4H3. The van der Waals surface area contributed by atoms with Gasteiger partial charge in [-0.2, -0.15) is 4.31 Å². The Morgan fingerprint density at radius 3 is 2.07 bits per heavy atom. The molecule has 28 heavy (non-hydrogen) atoms. The van der Waals surface area contributed by atoms with Gasteiger partial charge >= 0.3 is 5.97 Å². The molecule has 0 amide bonds. The Labute approximate surface area is 166 Å². The molecule has 1 aliphatic heterocycles. The largest absolute Gasteiger partial charge is 0.422 e. The summed E-state index contributed by atoms with van der Waals surface area (Å²) in [6.45, 7) is 8.06. The molecule has 0 N–H and O–H groups in total. The minimum atomic E-state index is -3.64. The topological polar surface area (TPSA) is 72.9 Å². The number of hydrogen-bond acceptors (Lipinski definition) is 5. The number of benzene rings is 2. The number of esters is 1. The van der Waals surface area contributed by atoms with Crippen LogP contribution in [0.5, 0.6) is 5.75 Å². The van der Waals surface area contributed by atoms with E-state index >= 15 is 0 Å². The highest BCUT2D eigenvalue weighted by Gasteiger charge is 2.32. The summed E-state index contributed by atoms with van der Waals surface area (Å²) < 4.78 is 38.3. The van der Waals surface area contributed by atoms with Crippen molar-refractivity contribution in [1.29, 1.82) is 0 Å². The molecule has 1 heterocycles. The zero-order chi connectivity index (χ0) is 20.5. The zero-order valence-electron chi connectivity index (χ0n) is 16.5. The van der Waals surface area contributed by atoms with Crippen molar-refractivity contribution in [3.05, 3.63) is 59.2 Å². The fourth-order valence-corrected chi connectivity index (χ4v) is 4.94. The molecule has 0 saturated carbocycles. The van der Waals surface area contributed by atoms with E-state index in [0.29, 0.717) is 24.4 Å². The fourth-order valence-electron chi connectivity index (χ4n) is 3.35. The van der Waals surface area contributed by atoms with Crippen molar-refractivity contribution < 1.29 is 22.7 Å². The van der Waals surface area contributed by atoms with Crippen LogP contribution in [-0.4, -0.2) is 44.0 Å². The molecule has 3 rings (SSSR count). The molecular weight excluding hydrogens is 378 g/mol. The van der Waals surface area contributed by atoms with Crippen molar-refractivity contribution in [3.63, 3.8) is 0 Å². The number of carbonyl (C=O) groups excluding carboxylic acids is 1. The van der Waals surface area contributed by atoms with Gasteiger partial charge in [0.2, 0.25) is 10.0 Å². The Bertz CT molecular complexity index is 939. The van der Waals surface area contributed by atoms with Gasteiger partial charge in [0, 0.05) is 13.1 Å². The van der Waals surface area contributed by atoms with E-state index in [1.54, 1.807) is 0 Å². The predicted octanol–water partition coefficient (Wildman–Crippen LogP) is 3.32. The first-order chi connectivity index (χ1) is 13.2. The number of aryl methyl sites for hydroxylation is 2. The molecule has 0 bridgehead atoms. The molecule has 2 aromatic rings. The Balaban J connectivity index is 1.78. The maximum Gasteiger partial charge on any atom is 0.343 e. The molecule has 6 nitrogen and oxygen atoms in total. The molecule has 0 radical (unpaired) electrons. The van der Waals surface area contributed by atoms with Crippen molar-refractivity contribution in [2.45, 2.75) is 44.8 Å². The lowest BCUT2D eigenvalue weighted by Crippen LogP contribution is -2.48. The van der Waals surface area contributed by atoms with Crippen LogP contribution in [0.3, 0.4) is 0 Å². The molecule has 150 valence electrons. The van der Waals surface area contributed by atoms with Crippen molar-refractivity contribution >= 4 is 16.0 Å². The molecule has 2 aromatic carbocycles. The quantitative estimate of drug-likeness (QED) is 0.578. The Hall–Kier alpha value is -2.22. The Morgan fingerprint density at radius 2 is 1.54 bits per heavy atom. The van der Waals surface area contributed by atoms with Gasteiger partial charge in [-0.15, -0.1) is 0 Å². The molecular formula is C21H25NO5S. The summed E-state index contributed by atoms with van der Waals surface area (Å²) in [5.41, 5.74) is 2.02. The fraction of sp³-hybridized carbons (Fsp3) is 0.381. The Kier molecular flexibility index (Phi) is 5.88. The molecule has 0 spiro atoms. The van der Waals surface area contributed by atoms with Gasteiger partial charge in [0.25, 0.3) is 0 Å². The van der Waals surface area contributed by atoms with Crippen LogP contribution >= 0.6 is 0 Å². The van der Waals surface area contributed by atoms with Gasteiger partial charge in [0.1, 0.15) is 5.75 Å². The highest BCUT2D eigenvalue weighted by molar-refractivity contribution is 7.89. The van der Waals surface area contributed by atoms with Gasteiger partial charge in [-0.1, -0.05) is 18.2 Å². The first-order valence-electron chi connectivity index (χ1n) is 9.22. The van der Waals surface area contributed by atoms with Crippen molar-refractivity contribution in [3.8, 4) is 5.75 Å². The predicted molar refractivity (Wildman–Crippen MR) is 106 cm³/mol. The average Bonchev–Trinajstić information content (AvgIpc) is 2.64. The van der Waals surface area contributed by atoms with Gasteiger partial charge in [-0.05, 0) is 63.1 Å². The number of sulfonamides is 1. The SMILES string of the molecule is Cc1cccc(C)c1OC(=O)c1ccc(S(=O)(=O)N2CC(C)OC(C)C2)cc1. The smallest absolute Gasteiger partial charge is 0.343 e. The molecule has 1 aliphatic rings. The second-order valence-corrected chi connectivity index (χ2v) is 9.15. The zero-order valence-corrected chi connectivity index (χ0v) is 17.3. The number of para-hydroxylation sites is 1. The number of nitrogens with zero attached hydrogens (tertiary/aromatic N) is 1. The third-order valence-corrected chi connectivity index (χ3v) is 6.56. The molecule has 1 saturated heterocycles. The third-order valence-electron chi connectivity index (χ3n) is 4.72. The molecule has 0 aromatic heterocycles. The van der Waals surface area contributed by atoms with Gasteiger partial charge in [-0.25, -0.2) is 13.2 Å². The van der Waals surface area contributed by atoms with Crippen LogP contribution in [0.2, 0.25) is 0 Å². The van der Waals surface area contributed by atoms with E-state index in [-0.39, 0.29) is 17.1 Å². The van der Waals surface area contributed by atoms with E-state index in [1.807, 2.05) is 45.9 Å². The average molecular weight is 404 g/mol. The number of hydrogen-bond donors (Lipinski definition) is 0. The van der Waals surface area contributed by atoms with E-state index in [0.717, 1.165) is 11.1 Å². The van der Waals surface area contributed by atoms with Crippen LogP contribution in [0.1, 0.15) is 35.3 Å². The normalized spacial score (nSPS) is 20.7. The van der Waals surface area contributed by atoms with Crippen molar-refractivity contribution in [2.24, 2.45) is 0 Å². The van der Waals surface area contributed by atoms with Gasteiger partial charge < -0.3 is 9.47 Å². The van der Waals surface area contributed by atoms with Crippen LogP contribution in [0.15, 0.2) is 47.4 Å². The summed E-state index contributed by atoms with van der Waals surface area (Å²) >= 11 is 0. The molecule has 0 aliphatic carbocycles. The second-order valence-electron chi connectivity index (χ2n) is 7.21. The van der Waals surface area contributed by atoms with E-state index in [1.165, 1.54) is 28.6 Å². The van der Waals surface area contributed by atoms with Crippen LogP contribution in [0.4, 0.5) is 0 Å². The minimum Gasteiger partial charge on any atom is -0.422 e. The van der Waals surface area contributed by atoms with E-state index < -0.39 is 16.0 Å². The summed E-state index contributed by atoms with van der Waals surface area (Å²) in [7, 11) is -3.64. The number of carbonyl (C=O) groups is 1. The van der Waals surface area contributed by atoms with Crippen LogP contribution in [0.25, 0.3) is 0 Å². The van der Waals surface area contributed by atoms with Gasteiger partial charge in [0.15, 0.2) is 0 Å². The van der Waals surface area contributed by atoms with Crippen LogP contribution in [-0.2, 0) is 14.8 Å². The van der Waals surface area contributed by atoms with E-state index in [4.69, 9.17) is 9.47 Å². The first-order valence-corrected chi connectivity index (χ1v) is 10.7. The molecule has 7 heteroatoms. The highest BCUT2D eigenvalue weighted by Crippen LogP contribution is 2.25. The summed E-state index contributed by atoms with van der Waals surface area (Å²) in [6.07, 6.45) is -0.324. The highest BCUT2D eigenvalue weighted by atomic mass is 32.2. The lowest BCUT2D eigenvalue weighted by Gasteiger charge is -2.34. The van der Waals surface area contributed by atoms with Crippen molar-refractivity contribution in [1.82, 2.24) is 4.31 Å². The molecule has 2 unspecified atom stereocenters. The van der Waals surface area contributed by atoms with Crippen LogP contribution in [0, 0.1) is 13.8 Å². The lowest BCUT2D eigenvalue weighted by atomic mass is 10.1. The summed E-state index contributed by atoms with van der Waals surface area (Å²) in [5, 5.41) is 0. The summed E-state index contributed by atoms with van der Waals surface area (Å²) in [5.74, 6) is 0.00968. The number of morpholine rings is 1. The van der Waals surface area contributed by atoms with Gasteiger partial charge in [0.05, 0.1) is 22.7 Å². The van der Waals surface area contributed by atoms with Crippen molar-refractivity contribution in [2.75, 3.05) is 13.1 Å². The molecule has 2 atom stereocenters. The number of rotatable bonds is 4. The van der Waals surface area contributed by atoms with Gasteiger partial charge in [-0.3, -0.25) is 0 Å². The lowest BCUT2D eigenvalue weighted by molar-refractivity contribution is -0.0440. The molecule has 1 fully saturated rings.